The normalized spacial score (nSPS) is 14.9. The zero-order valence-electron chi connectivity index (χ0n) is 12.1. The summed E-state index contributed by atoms with van der Waals surface area (Å²) in [7, 11) is 0. The number of hydrogen-bond acceptors (Lipinski definition) is 2. The highest BCUT2D eigenvalue weighted by Gasteiger charge is 2.24. The molecule has 1 heterocycles. The van der Waals surface area contributed by atoms with Crippen molar-refractivity contribution in [2.75, 3.05) is 0 Å². The highest BCUT2D eigenvalue weighted by Crippen LogP contribution is 2.35. The van der Waals surface area contributed by atoms with E-state index in [0.29, 0.717) is 0 Å². The fraction of sp³-hybridized carbons (Fsp3) is 0.471. The van der Waals surface area contributed by atoms with E-state index in [1.165, 1.54) is 11.1 Å². The Morgan fingerprint density at radius 3 is 2.47 bits per heavy atom. The lowest BCUT2D eigenvalue weighted by molar-refractivity contribution is 0.524. The maximum absolute atomic E-state index is 12.1. The lowest BCUT2D eigenvalue weighted by Gasteiger charge is -2.21. The van der Waals surface area contributed by atoms with Crippen molar-refractivity contribution in [3.63, 3.8) is 0 Å². The first-order valence-corrected chi connectivity index (χ1v) is 6.97. The second-order valence-electron chi connectivity index (χ2n) is 6.64. The second kappa shape index (κ2) is 3.96. The molecule has 0 radical (unpaired) electrons. The van der Waals surface area contributed by atoms with Gasteiger partial charge in [0.2, 0.25) is 0 Å². The molecule has 1 aliphatic rings. The van der Waals surface area contributed by atoms with Gasteiger partial charge in [0.1, 0.15) is 5.58 Å². The average molecular weight is 256 g/mol. The Hall–Kier alpha value is -1.57. The van der Waals surface area contributed by atoms with E-state index in [-0.39, 0.29) is 11.0 Å². The van der Waals surface area contributed by atoms with E-state index in [9.17, 15) is 4.79 Å². The van der Waals surface area contributed by atoms with Crippen LogP contribution in [0.25, 0.3) is 11.0 Å². The van der Waals surface area contributed by atoms with Crippen molar-refractivity contribution in [2.45, 2.75) is 52.4 Å². The minimum Gasteiger partial charge on any atom is -0.422 e. The van der Waals surface area contributed by atoms with Crippen molar-refractivity contribution in [2.24, 2.45) is 0 Å². The van der Waals surface area contributed by atoms with Crippen molar-refractivity contribution in [3.8, 4) is 0 Å². The van der Waals surface area contributed by atoms with Crippen LogP contribution >= 0.6 is 0 Å². The number of rotatable bonds is 0. The molecule has 19 heavy (non-hydrogen) atoms. The van der Waals surface area contributed by atoms with Gasteiger partial charge in [-0.2, -0.15) is 0 Å². The largest absolute Gasteiger partial charge is 0.422 e. The highest BCUT2D eigenvalue weighted by atomic mass is 16.4. The predicted octanol–water partition coefficient (Wildman–Crippen LogP) is 3.89. The van der Waals surface area contributed by atoms with Crippen molar-refractivity contribution in [1.29, 1.82) is 0 Å². The Kier molecular flexibility index (Phi) is 2.60. The van der Waals surface area contributed by atoms with Crippen molar-refractivity contribution in [3.05, 3.63) is 44.8 Å². The second-order valence-corrected chi connectivity index (χ2v) is 6.64. The molecule has 3 rings (SSSR count). The smallest absolute Gasteiger partial charge is 0.339 e. The zero-order chi connectivity index (χ0) is 13.8. The molecular formula is C17H20O2. The lowest BCUT2D eigenvalue weighted by Crippen LogP contribution is -2.15. The molecule has 1 aliphatic carbocycles. The Labute approximate surface area is 113 Å². The summed E-state index contributed by atoms with van der Waals surface area (Å²) >= 11 is 0. The third kappa shape index (κ3) is 1.90. The molecule has 0 saturated heterocycles. The zero-order valence-corrected chi connectivity index (χ0v) is 12.1. The molecule has 0 amide bonds. The van der Waals surface area contributed by atoms with E-state index < -0.39 is 0 Å². The van der Waals surface area contributed by atoms with Crippen molar-refractivity contribution < 1.29 is 4.42 Å². The first-order valence-electron chi connectivity index (χ1n) is 6.97. The van der Waals surface area contributed by atoms with E-state index >= 15 is 0 Å². The van der Waals surface area contributed by atoms with Gasteiger partial charge in [0.25, 0.3) is 0 Å². The number of aryl methyl sites for hydroxylation is 2. The van der Waals surface area contributed by atoms with Crippen LogP contribution < -0.4 is 5.63 Å². The minimum absolute atomic E-state index is 0.0208. The number of benzene rings is 1. The molecule has 0 N–H and O–H groups in total. The average Bonchev–Trinajstić information content (AvgIpc) is 2.78. The quantitative estimate of drug-likeness (QED) is 0.669. The van der Waals surface area contributed by atoms with Gasteiger partial charge in [0.15, 0.2) is 0 Å². The molecule has 1 aromatic heterocycles. The molecule has 0 atom stereocenters. The summed E-state index contributed by atoms with van der Waals surface area (Å²) in [5, 5.41) is 1.15. The van der Waals surface area contributed by atoms with Crippen LogP contribution in [0.3, 0.4) is 0 Å². The Morgan fingerprint density at radius 1 is 1.11 bits per heavy atom. The molecule has 100 valence electrons. The molecule has 0 spiro atoms. The summed E-state index contributed by atoms with van der Waals surface area (Å²) in [6, 6.07) is 4.31. The molecule has 1 aromatic carbocycles. The Morgan fingerprint density at radius 2 is 1.79 bits per heavy atom. The Bertz CT molecular complexity index is 715. The molecule has 0 bridgehead atoms. The van der Waals surface area contributed by atoms with Gasteiger partial charge >= 0.3 is 5.63 Å². The van der Waals surface area contributed by atoms with Crippen LogP contribution in [0.5, 0.6) is 0 Å². The van der Waals surface area contributed by atoms with Gasteiger partial charge in [-0.3, -0.25) is 0 Å². The van der Waals surface area contributed by atoms with Crippen LogP contribution in [0.4, 0.5) is 0 Å². The molecule has 2 nitrogen and oxygen atoms in total. The van der Waals surface area contributed by atoms with Crippen LogP contribution in [-0.4, -0.2) is 0 Å². The van der Waals surface area contributed by atoms with Gasteiger partial charge in [-0.05, 0) is 48.8 Å². The molecule has 0 fully saturated rings. The van der Waals surface area contributed by atoms with Gasteiger partial charge in [-0.1, -0.05) is 26.8 Å². The van der Waals surface area contributed by atoms with E-state index in [1.807, 2.05) is 0 Å². The number of hydrogen-bond donors (Lipinski definition) is 0. The summed E-state index contributed by atoms with van der Waals surface area (Å²) in [6.45, 7) is 8.60. The molecule has 0 aliphatic heterocycles. The fourth-order valence-corrected chi connectivity index (χ4v) is 3.08. The summed E-state index contributed by atoms with van der Waals surface area (Å²) < 4.78 is 5.66. The van der Waals surface area contributed by atoms with Crippen LogP contribution in [0.2, 0.25) is 0 Å². The van der Waals surface area contributed by atoms with Gasteiger partial charge in [-0.25, -0.2) is 4.79 Å². The van der Waals surface area contributed by atoms with Gasteiger partial charge in [0.05, 0.1) is 0 Å². The third-order valence-corrected chi connectivity index (χ3v) is 4.03. The summed E-state index contributed by atoms with van der Waals surface area (Å²) in [5.41, 5.74) is 5.14. The summed E-state index contributed by atoms with van der Waals surface area (Å²) in [6.07, 6.45) is 2.94. The Balaban J connectivity index is 2.48. The maximum Gasteiger partial charge on any atom is 0.339 e. The monoisotopic (exact) mass is 256 g/mol. The van der Waals surface area contributed by atoms with Gasteiger partial charge < -0.3 is 4.42 Å². The topological polar surface area (TPSA) is 30.2 Å². The van der Waals surface area contributed by atoms with Crippen LogP contribution in [0.15, 0.2) is 21.3 Å². The molecule has 0 saturated carbocycles. The van der Waals surface area contributed by atoms with Gasteiger partial charge in [0, 0.05) is 16.5 Å². The summed E-state index contributed by atoms with van der Waals surface area (Å²) in [4.78, 5) is 12.1. The molecule has 0 unspecified atom stereocenters. The minimum atomic E-state index is -0.130. The standard InChI is InChI=1S/C17H20O2/c1-10-8-13-11-6-5-7-12(11)16(18)19-15(13)14(9-10)17(2,3)4/h8-9H,5-7H2,1-4H3. The maximum atomic E-state index is 12.1. The molecule has 2 heteroatoms. The fourth-order valence-electron chi connectivity index (χ4n) is 3.08. The highest BCUT2D eigenvalue weighted by molar-refractivity contribution is 5.86. The van der Waals surface area contributed by atoms with Crippen molar-refractivity contribution in [1.82, 2.24) is 0 Å². The lowest BCUT2D eigenvalue weighted by atomic mass is 9.84. The van der Waals surface area contributed by atoms with Crippen molar-refractivity contribution >= 4 is 11.0 Å². The van der Waals surface area contributed by atoms with Crippen LogP contribution in [0.1, 0.15) is 49.4 Å². The van der Waals surface area contributed by atoms with Crippen LogP contribution in [-0.2, 0) is 18.3 Å². The number of fused-ring (bicyclic) bond motifs is 3. The molecule has 2 aromatic rings. The summed E-state index contributed by atoms with van der Waals surface area (Å²) in [5.74, 6) is 0. The van der Waals surface area contributed by atoms with E-state index in [4.69, 9.17) is 4.42 Å². The third-order valence-electron chi connectivity index (χ3n) is 4.03. The predicted molar refractivity (Wildman–Crippen MR) is 77.9 cm³/mol. The SMILES string of the molecule is Cc1cc(C(C)(C)C)c2oc(=O)c3c(c2c1)CCC3. The van der Waals surface area contributed by atoms with E-state index in [0.717, 1.165) is 41.4 Å². The van der Waals surface area contributed by atoms with Crippen LogP contribution in [0, 0.1) is 6.92 Å². The first kappa shape index (κ1) is 12.5. The van der Waals surface area contributed by atoms with E-state index in [2.05, 4.69) is 39.8 Å². The molecular weight excluding hydrogens is 236 g/mol. The van der Waals surface area contributed by atoms with Gasteiger partial charge in [-0.15, -0.1) is 0 Å². The van der Waals surface area contributed by atoms with E-state index in [1.54, 1.807) is 0 Å². The first-order chi connectivity index (χ1) is 8.88.